The van der Waals surface area contributed by atoms with Crippen LogP contribution in [0.1, 0.15) is 17.0 Å². The van der Waals surface area contributed by atoms with E-state index in [1.807, 2.05) is 48.7 Å². The highest BCUT2D eigenvalue weighted by Gasteiger charge is 2.11. The van der Waals surface area contributed by atoms with Crippen LogP contribution in [-0.4, -0.2) is 15.3 Å². The van der Waals surface area contributed by atoms with Crippen LogP contribution in [0.5, 0.6) is 0 Å². The average Bonchev–Trinajstić information content (AvgIpc) is 2.76. The topological polar surface area (TPSA) is 46.4 Å². The van der Waals surface area contributed by atoms with Crippen molar-refractivity contribution in [3.05, 3.63) is 64.6 Å². The summed E-state index contributed by atoms with van der Waals surface area (Å²) in [5, 5.41) is 3.56. The second kappa shape index (κ2) is 5.81. The number of halogens is 1. The van der Waals surface area contributed by atoms with E-state index in [4.69, 9.17) is 11.6 Å². The fraction of sp³-hybridized carbons (Fsp3) is 0.176. The molecule has 1 N–H and O–H groups in total. The van der Waals surface area contributed by atoms with Crippen molar-refractivity contribution in [1.29, 1.82) is 0 Å². The van der Waals surface area contributed by atoms with Crippen LogP contribution in [0.3, 0.4) is 0 Å². The minimum atomic E-state index is -0.0892. The smallest absolute Gasteiger partial charge is 0.228 e. The number of nitrogens with one attached hydrogen (secondary N) is 1. The molecule has 22 heavy (non-hydrogen) atoms. The van der Waals surface area contributed by atoms with E-state index >= 15 is 0 Å². The number of rotatable bonds is 3. The molecule has 0 radical (unpaired) electrons. The lowest BCUT2D eigenvalue weighted by atomic mass is 10.1. The summed E-state index contributed by atoms with van der Waals surface area (Å²) in [5.41, 5.74) is 4.38. The first kappa shape index (κ1) is 14.6. The van der Waals surface area contributed by atoms with Crippen LogP contribution >= 0.6 is 11.6 Å². The van der Waals surface area contributed by atoms with Crippen LogP contribution in [0.15, 0.2) is 42.6 Å². The number of aryl methyl sites for hydroxylation is 2. The number of imidazole rings is 1. The lowest BCUT2D eigenvalue weighted by molar-refractivity contribution is -0.115. The third-order valence-corrected chi connectivity index (χ3v) is 3.89. The number of aromatic nitrogens is 2. The molecule has 112 valence electrons. The van der Waals surface area contributed by atoms with E-state index in [0.717, 1.165) is 22.6 Å². The van der Waals surface area contributed by atoms with Crippen molar-refractivity contribution < 1.29 is 4.79 Å². The Morgan fingerprint density at radius 3 is 2.86 bits per heavy atom. The van der Waals surface area contributed by atoms with Crippen molar-refractivity contribution in [2.75, 3.05) is 5.32 Å². The summed E-state index contributed by atoms with van der Waals surface area (Å²) in [4.78, 5) is 16.8. The van der Waals surface area contributed by atoms with Crippen molar-refractivity contribution >= 4 is 28.8 Å². The predicted octanol–water partition coefficient (Wildman–Crippen LogP) is 3.79. The Morgan fingerprint density at radius 2 is 2.09 bits per heavy atom. The van der Waals surface area contributed by atoms with Crippen LogP contribution in [0.4, 0.5) is 5.69 Å². The second-order valence-corrected chi connectivity index (χ2v) is 5.69. The number of benzene rings is 1. The molecule has 1 aromatic carbocycles. The number of carbonyl (C=O) groups excluding carboxylic acids is 1. The number of amides is 1. The van der Waals surface area contributed by atoms with Crippen molar-refractivity contribution in [2.24, 2.45) is 0 Å². The van der Waals surface area contributed by atoms with Crippen LogP contribution in [0.2, 0.25) is 5.02 Å². The maximum atomic E-state index is 12.2. The molecule has 0 saturated carbocycles. The third kappa shape index (κ3) is 2.83. The zero-order chi connectivity index (χ0) is 15.7. The molecule has 0 aliphatic rings. The van der Waals surface area contributed by atoms with Gasteiger partial charge in [-0.3, -0.25) is 4.79 Å². The van der Waals surface area contributed by atoms with Gasteiger partial charge in [0.1, 0.15) is 0 Å². The zero-order valence-electron chi connectivity index (χ0n) is 12.4. The van der Waals surface area contributed by atoms with Gasteiger partial charge in [0, 0.05) is 16.9 Å². The number of hydrogen-bond donors (Lipinski definition) is 1. The number of anilines is 1. The Balaban J connectivity index is 1.84. The normalized spacial score (nSPS) is 10.9. The first-order chi connectivity index (χ1) is 10.5. The fourth-order valence-electron chi connectivity index (χ4n) is 2.42. The van der Waals surface area contributed by atoms with Gasteiger partial charge in [-0.15, -0.1) is 0 Å². The minimum absolute atomic E-state index is 0.0892. The Hall–Kier alpha value is -2.33. The first-order valence-corrected chi connectivity index (χ1v) is 7.41. The first-order valence-electron chi connectivity index (χ1n) is 7.03. The summed E-state index contributed by atoms with van der Waals surface area (Å²) >= 11 is 5.94. The van der Waals surface area contributed by atoms with E-state index in [-0.39, 0.29) is 12.3 Å². The van der Waals surface area contributed by atoms with E-state index in [1.165, 1.54) is 0 Å². The molecular weight excluding hydrogens is 298 g/mol. The van der Waals surface area contributed by atoms with Crippen molar-refractivity contribution in [2.45, 2.75) is 20.3 Å². The van der Waals surface area contributed by atoms with Gasteiger partial charge in [-0.25, -0.2) is 4.98 Å². The summed E-state index contributed by atoms with van der Waals surface area (Å²) in [6, 6.07) is 11.1. The quantitative estimate of drug-likeness (QED) is 0.799. The Labute approximate surface area is 133 Å². The Kier molecular flexibility index (Phi) is 3.86. The van der Waals surface area contributed by atoms with Gasteiger partial charge in [-0.05, 0) is 43.7 Å². The molecule has 0 unspecified atom stereocenters. The fourth-order valence-corrected chi connectivity index (χ4v) is 2.64. The van der Waals surface area contributed by atoms with Gasteiger partial charge in [-0.2, -0.15) is 0 Å². The zero-order valence-corrected chi connectivity index (χ0v) is 13.2. The van der Waals surface area contributed by atoms with Gasteiger partial charge in [0.15, 0.2) is 5.65 Å². The number of nitrogens with zero attached hydrogens (tertiary/aromatic N) is 2. The number of pyridine rings is 1. The third-order valence-electron chi connectivity index (χ3n) is 3.65. The highest BCUT2D eigenvalue weighted by Crippen LogP contribution is 2.20. The molecule has 3 aromatic rings. The molecule has 2 aromatic heterocycles. The van der Waals surface area contributed by atoms with E-state index < -0.39 is 0 Å². The highest BCUT2D eigenvalue weighted by molar-refractivity contribution is 6.30. The highest BCUT2D eigenvalue weighted by atomic mass is 35.5. The molecule has 2 heterocycles. The SMILES string of the molecule is Cc1nc2c(NC(=O)Cc3cccc(Cl)c3)cccn2c1C. The Bertz CT molecular complexity index is 854. The maximum Gasteiger partial charge on any atom is 0.228 e. The van der Waals surface area contributed by atoms with Gasteiger partial charge in [0.2, 0.25) is 5.91 Å². The van der Waals surface area contributed by atoms with Crippen LogP contribution in [0.25, 0.3) is 5.65 Å². The molecule has 3 rings (SSSR count). The molecule has 4 nitrogen and oxygen atoms in total. The second-order valence-electron chi connectivity index (χ2n) is 5.25. The molecule has 0 aliphatic heterocycles. The van der Waals surface area contributed by atoms with Gasteiger partial charge in [0.05, 0.1) is 17.8 Å². The minimum Gasteiger partial charge on any atom is -0.323 e. The van der Waals surface area contributed by atoms with Crippen LogP contribution in [0, 0.1) is 13.8 Å². The molecule has 0 bridgehead atoms. The molecule has 0 spiro atoms. The van der Waals surface area contributed by atoms with Crippen LogP contribution in [-0.2, 0) is 11.2 Å². The number of fused-ring (bicyclic) bond motifs is 1. The number of carbonyl (C=O) groups is 1. The average molecular weight is 314 g/mol. The summed E-state index contributed by atoms with van der Waals surface area (Å²) in [6.45, 7) is 3.97. The monoisotopic (exact) mass is 313 g/mol. The molecule has 0 fully saturated rings. The molecule has 5 heteroatoms. The number of hydrogen-bond acceptors (Lipinski definition) is 2. The van der Waals surface area contributed by atoms with Crippen LogP contribution < -0.4 is 5.32 Å². The maximum absolute atomic E-state index is 12.2. The van der Waals surface area contributed by atoms with E-state index in [0.29, 0.717) is 10.7 Å². The van der Waals surface area contributed by atoms with E-state index in [2.05, 4.69) is 10.3 Å². The lowest BCUT2D eigenvalue weighted by Crippen LogP contribution is -2.15. The lowest BCUT2D eigenvalue weighted by Gasteiger charge is -2.07. The Morgan fingerprint density at radius 1 is 1.27 bits per heavy atom. The molecule has 0 atom stereocenters. The van der Waals surface area contributed by atoms with Crippen molar-refractivity contribution in [3.8, 4) is 0 Å². The molecule has 0 aliphatic carbocycles. The van der Waals surface area contributed by atoms with E-state index in [1.54, 1.807) is 12.1 Å². The van der Waals surface area contributed by atoms with E-state index in [9.17, 15) is 4.79 Å². The van der Waals surface area contributed by atoms with Gasteiger partial charge in [0.25, 0.3) is 0 Å². The van der Waals surface area contributed by atoms with Crippen molar-refractivity contribution in [3.63, 3.8) is 0 Å². The summed E-state index contributed by atoms with van der Waals surface area (Å²) in [6.07, 6.45) is 2.22. The van der Waals surface area contributed by atoms with Gasteiger partial charge >= 0.3 is 0 Å². The summed E-state index contributed by atoms with van der Waals surface area (Å²) in [5.74, 6) is -0.0892. The van der Waals surface area contributed by atoms with Gasteiger partial charge < -0.3 is 9.72 Å². The summed E-state index contributed by atoms with van der Waals surface area (Å²) < 4.78 is 1.98. The molecule has 1 amide bonds. The predicted molar refractivity (Wildman–Crippen MR) is 88.5 cm³/mol. The largest absolute Gasteiger partial charge is 0.323 e. The summed E-state index contributed by atoms with van der Waals surface area (Å²) in [7, 11) is 0. The molecular formula is C17H16ClN3O. The molecule has 0 saturated heterocycles. The van der Waals surface area contributed by atoms with Crippen molar-refractivity contribution in [1.82, 2.24) is 9.38 Å². The van der Waals surface area contributed by atoms with Gasteiger partial charge in [-0.1, -0.05) is 23.7 Å². The standard InChI is InChI=1S/C17H16ClN3O/c1-11-12(2)21-8-4-7-15(17(21)19-11)20-16(22)10-13-5-3-6-14(18)9-13/h3-9H,10H2,1-2H3,(H,20,22).